The Kier molecular flexibility index (Phi) is 6.24. The molecule has 1 fully saturated rings. The number of nitrogens with zero attached hydrogens (tertiary/aromatic N) is 1. The van der Waals surface area contributed by atoms with Gasteiger partial charge in [-0.05, 0) is 60.4 Å². The molecule has 4 rings (SSSR count). The average Bonchev–Trinajstić information content (AvgIpc) is 3.08. The number of halogens is 1. The number of Topliss-reactive ketones (excluding diaryl/α,β-unsaturated/α-hetero) is 1. The van der Waals surface area contributed by atoms with Gasteiger partial charge in [0.25, 0.3) is 11.7 Å². The monoisotopic (exact) mass is 473 g/mol. The van der Waals surface area contributed by atoms with Gasteiger partial charge in [0.05, 0.1) is 18.7 Å². The number of hydrogen-bond donors (Lipinski definition) is 1. The predicted molar refractivity (Wildman–Crippen MR) is 134 cm³/mol. The molecule has 0 saturated carbocycles. The van der Waals surface area contributed by atoms with Crippen LogP contribution in [0.15, 0.2) is 72.3 Å². The maximum absolute atomic E-state index is 13.6. The molecule has 0 spiro atoms. The van der Waals surface area contributed by atoms with Crippen molar-refractivity contribution in [2.75, 3.05) is 12.0 Å². The van der Waals surface area contributed by atoms with Crippen LogP contribution in [0.3, 0.4) is 0 Å². The van der Waals surface area contributed by atoms with Gasteiger partial charge >= 0.3 is 0 Å². The molecular formula is C29H28FNO4. The van der Waals surface area contributed by atoms with E-state index in [1.165, 1.54) is 29.2 Å². The lowest BCUT2D eigenvalue weighted by molar-refractivity contribution is -0.132. The van der Waals surface area contributed by atoms with Crippen molar-refractivity contribution in [2.24, 2.45) is 0 Å². The number of anilines is 1. The Morgan fingerprint density at radius 2 is 1.69 bits per heavy atom. The molecule has 1 amide bonds. The first-order chi connectivity index (χ1) is 16.5. The summed E-state index contributed by atoms with van der Waals surface area (Å²) >= 11 is 0. The van der Waals surface area contributed by atoms with E-state index in [4.69, 9.17) is 4.74 Å². The fraction of sp³-hybridized carbons (Fsp3) is 0.241. The van der Waals surface area contributed by atoms with Gasteiger partial charge in [-0.2, -0.15) is 0 Å². The largest absolute Gasteiger partial charge is 0.507 e. The van der Waals surface area contributed by atoms with E-state index in [2.05, 4.69) is 0 Å². The fourth-order valence-electron chi connectivity index (χ4n) is 4.45. The van der Waals surface area contributed by atoms with Gasteiger partial charge < -0.3 is 9.84 Å². The van der Waals surface area contributed by atoms with Crippen LogP contribution in [0.2, 0.25) is 0 Å². The van der Waals surface area contributed by atoms with Gasteiger partial charge in [-0.3, -0.25) is 14.5 Å². The zero-order valence-electron chi connectivity index (χ0n) is 20.4. The minimum Gasteiger partial charge on any atom is -0.507 e. The second kappa shape index (κ2) is 9.02. The number of methoxy groups -OCH3 is 1. The van der Waals surface area contributed by atoms with E-state index in [1.807, 2.05) is 52.0 Å². The Hall–Kier alpha value is -3.93. The number of aliphatic hydroxyl groups is 1. The highest BCUT2D eigenvalue weighted by molar-refractivity contribution is 6.51. The van der Waals surface area contributed by atoms with Crippen LogP contribution >= 0.6 is 0 Å². The lowest BCUT2D eigenvalue weighted by atomic mass is 9.84. The summed E-state index contributed by atoms with van der Waals surface area (Å²) < 4.78 is 19.1. The molecule has 1 heterocycles. The first-order valence-corrected chi connectivity index (χ1v) is 11.3. The van der Waals surface area contributed by atoms with Crippen LogP contribution in [0.1, 0.15) is 49.1 Å². The van der Waals surface area contributed by atoms with Crippen molar-refractivity contribution in [1.82, 2.24) is 0 Å². The van der Waals surface area contributed by atoms with Crippen molar-refractivity contribution in [3.63, 3.8) is 0 Å². The number of ether oxygens (including phenoxy) is 1. The second-order valence-electron chi connectivity index (χ2n) is 9.72. The number of aryl methyl sites for hydroxylation is 1. The van der Waals surface area contributed by atoms with Crippen molar-refractivity contribution in [3.8, 4) is 5.75 Å². The van der Waals surface area contributed by atoms with E-state index in [-0.39, 0.29) is 16.7 Å². The SMILES string of the molecule is COc1ccc(/C(O)=C2/C(=O)C(=O)N(c3ccc(F)cc3)C2c2cccc(C)c2)cc1C(C)(C)C. The molecule has 3 aromatic carbocycles. The number of carbonyl (C=O) groups is 2. The van der Waals surface area contributed by atoms with Gasteiger partial charge in [0.1, 0.15) is 17.3 Å². The van der Waals surface area contributed by atoms with Crippen LogP contribution < -0.4 is 9.64 Å². The summed E-state index contributed by atoms with van der Waals surface area (Å²) in [5.41, 5.74) is 2.91. The van der Waals surface area contributed by atoms with Crippen LogP contribution in [0, 0.1) is 12.7 Å². The fourth-order valence-corrected chi connectivity index (χ4v) is 4.45. The molecule has 0 aromatic heterocycles. The minimum atomic E-state index is -0.874. The summed E-state index contributed by atoms with van der Waals surface area (Å²) in [6.07, 6.45) is 0. The molecule has 35 heavy (non-hydrogen) atoms. The third-order valence-electron chi connectivity index (χ3n) is 6.19. The zero-order valence-corrected chi connectivity index (χ0v) is 20.4. The minimum absolute atomic E-state index is 0.0186. The molecule has 1 N–H and O–H groups in total. The molecule has 1 saturated heterocycles. The molecule has 5 nitrogen and oxygen atoms in total. The number of hydrogen-bond acceptors (Lipinski definition) is 4. The van der Waals surface area contributed by atoms with Crippen LogP contribution in [0.25, 0.3) is 5.76 Å². The molecule has 1 unspecified atom stereocenters. The first kappa shape index (κ1) is 24.2. The summed E-state index contributed by atoms with van der Waals surface area (Å²) in [7, 11) is 1.58. The molecule has 1 aliphatic rings. The number of rotatable bonds is 4. The Morgan fingerprint density at radius 1 is 1.00 bits per heavy atom. The van der Waals surface area contributed by atoms with Gasteiger partial charge in [0.2, 0.25) is 0 Å². The van der Waals surface area contributed by atoms with Crippen LogP contribution in [-0.4, -0.2) is 23.9 Å². The average molecular weight is 474 g/mol. The highest BCUT2D eigenvalue weighted by atomic mass is 19.1. The number of aliphatic hydroxyl groups excluding tert-OH is 1. The second-order valence-corrected chi connectivity index (χ2v) is 9.72. The summed E-state index contributed by atoms with van der Waals surface area (Å²) in [6.45, 7) is 7.98. The number of ketones is 1. The van der Waals surface area contributed by atoms with E-state index in [0.29, 0.717) is 22.6 Å². The van der Waals surface area contributed by atoms with Crippen molar-refractivity contribution in [1.29, 1.82) is 0 Å². The quantitative estimate of drug-likeness (QED) is 0.284. The number of carbonyl (C=O) groups excluding carboxylic acids is 2. The molecule has 180 valence electrons. The first-order valence-electron chi connectivity index (χ1n) is 11.3. The Bertz CT molecular complexity index is 1340. The lowest BCUT2D eigenvalue weighted by Gasteiger charge is -2.26. The van der Waals surface area contributed by atoms with Crippen LogP contribution in [0.5, 0.6) is 5.75 Å². The number of amides is 1. The highest BCUT2D eigenvalue weighted by Crippen LogP contribution is 2.43. The Labute approximate surface area is 204 Å². The van der Waals surface area contributed by atoms with Crippen molar-refractivity contribution < 1.29 is 23.8 Å². The van der Waals surface area contributed by atoms with E-state index in [9.17, 15) is 19.1 Å². The third-order valence-corrected chi connectivity index (χ3v) is 6.19. The van der Waals surface area contributed by atoms with E-state index < -0.39 is 23.5 Å². The van der Waals surface area contributed by atoms with Crippen LogP contribution in [0.4, 0.5) is 10.1 Å². The maximum Gasteiger partial charge on any atom is 0.300 e. The molecule has 1 aliphatic heterocycles. The molecule has 1 atom stereocenters. The van der Waals surface area contributed by atoms with Crippen LogP contribution in [-0.2, 0) is 15.0 Å². The van der Waals surface area contributed by atoms with Gasteiger partial charge in [0.15, 0.2) is 0 Å². The third kappa shape index (κ3) is 4.44. The molecule has 6 heteroatoms. The summed E-state index contributed by atoms with van der Waals surface area (Å²) in [6, 6.07) is 17.1. The standard InChI is InChI=1S/C29H28FNO4/c1-17-7-6-8-18(15-17)25-24(27(33)28(34)31(25)21-12-10-20(30)11-13-21)26(32)19-9-14-23(35-5)22(16-19)29(2,3)4/h6-16,25,32H,1-5H3/b26-24-. The Balaban J connectivity index is 1.96. The number of benzene rings is 3. The normalized spacial score (nSPS) is 17.7. The molecule has 3 aromatic rings. The topological polar surface area (TPSA) is 66.8 Å². The van der Waals surface area contributed by atoms with E-state index >= 15 is 0 Å². The summed E-state index contributed by atoms with van der Waals surface area (Å²) in [5.74, 6) is -1.64. The maximum atomic E-state index is 13.6. The zero-order chi connectivity index (χ0) is 25.5. The van der Waals surface area contributed by atoms with Gasteiger partial charge in [0, 0.05) is 16.8 Å². The molecular weight excluding hydrogens is 445 g/mol. The summed E-state index contributed by atoms with van der Waals surface area (Å²) in [5, 5.41) is 11.5. The highest BCUT2D eigenvalue weighted by Gasteiger charge is 2.47. The molecule has 0 bridgehead atoms. The van der Waals surface area contributed by atoms with Crippen molar-refractivity contribution in [2.45, 2.75) is 39.2 Å². The van der Waals surface area contributed by atoms with Crippen molar-refractivity contribution in [3.05, 3.63) is 100 Å². The van der Waals surface area contributed by atoms with E-state index in [1.54, 1.807) is 25.3 Å². The Morgan fingerprint density at radius 3 is 2.29 bits per heavy atom. The van der Waals surface area contributed by atoms with Crippen molar-refractivity contribution >= 4 is 23.1 Å². The smallest absolute Gasteiger partial charge is 0.300 e. The molecule has 0 radical (unpaired) electrons. The summed E-state index contributed by atoms with van der Waals surface area (Å²) in [4.78, 5) is 27.9. The van der Waals surface area contributed by atoms with Gasteiger partial charge in [-0.1, -0.05) is 50.6 Å². The molecule has 0 aliphatic carbocycles. The lowest BCUT2D eigenvalue weighted by Crippen LogP contribution is -2.29. The van der Waals surface area contributed by atoms with E-state index in [0.717, 1.165) is 11.1 Å². The predicted octanol–water partition coefficient (Wildman–Crippen LogP) is 6.07. The van der Waals surface area contributed by atoms with Gasteiger partial charge in [-0.15, -0.1) is 0 Å². The van der Waals surface area contributed by atoms with Gasteiger partial charge in [-0.25, -0.2) is 4.39 Å².